The highest BCUT2D eigenvalue weighted by atomic mass is 16.1. The average molecular weight is 234 g/mol. The number of aryl methyl sites for hydroxylation is 3. The van der Waals surface area contributed by atoms with Crippen LogP contribution in [0, 0.1) is 6.92 Å². The molecule has 92 valence electrons. The number of imidazole rings is 2. The van der Waals surface area contributed by atoms with Crippen LogP contribution in [0.3, 0.4) is 0 Å². The molecule has 0 atom stereocenters. The summed E-state index contributed by atoms with van der Waals surface area (Å²) in [6, 6.07) is 0.207. The Balaban J connectivity index is 2.10. The largest absolute Gasteiger partial charge is 0.333 e. The zero-order valence-electron chi connectivity index (χ0n) is 10.5. The van der Waals surface area contributed by atoms with E-state index in [2.05, 4.69) is 4.98 Å². The first kappa shape index (κ1) is 11.7. The van der Waals surface area contributed by atoms with Crippen molar-refractivity contribution < 1.29 is 0 Å². The van der Waals surface area contributed by atoms with Crippen LogP contribution in [0.5, 0.6) is 0 Å². The van der Waals surface area contributed by atoms with Gasteiger partial charge in [0.2, 0.25) is 0 Å². The summed E-state index contributed by atoms with van der Waals surface area (Å²) in [5.41, 5.74) is 0.0535. The van der Waals surface area contributed by atoms with Gasteiger partial charge in [0, 0.05) is 43.9 Å². The first-order valence-electron chi connectivity index (χ1n) is 5.84. The van der Waals surface area contributed by atoms with E-state index in [1.165, 1.54) is 0 Å². The van der Waals surface area contributed by atoms with Gasteiger partial charge in [-0.05, 0) is 20.8 Å². The van der Waals surface area contributed by atoms with Crippen LogP contribution in [0.1, 0.15) is 25.7 Å². The van der Waals surface area contributed by atoms with Crippen molar-refractivity contribution in [3.05, 3.63) is 41.1 Å². The molecule has 2 aromatic rings. The predicted octanol–water partition coefficient (Wildman–Crippen LogP) is 1.44. The standard InChI is InChI=1S/C12H18N4O/c1-10(2)16-9-8-15(12(16)17)7-6-14-5-4-13-11(14)3/h4-5,8-10H,6-7H2,1-3H3. The molecule has 2 rings (SSSR count). The van der Waals surface area contributed by atoms with Gasteiger partial charge in [-0.2, -0.15) is 0 Å². The molecule has 5 heteroatoms. The molecule has 0 saturated heterocycles. The molecule has 0 aromatic carbocycles. The molecule has 0 aliphatic heterocycles. The monoisotopic (exact) mass is 234 g/mol. The normalized spacial score (nSPS) is 11.3. The molecule has 0 saturated carbocycles. The van der Waals surface area contributed by atoms with E-state index in [1.807, 2.05) is 43.9 Å². The Morgan fingerprint density at radius 3 is 2.41 bits per heavy atom. The molecule has 2 heterocycles. The Labute approximate surface area is 100 Å². The van der Waals surface area contributed by atoms with Crippen molar-refractivity contribution >= 4 is 0 Å². The lowest BCUT2D eigenvalue weighted by atomic mass is 10.4. The van der Waals surface area contributed by atoms with Crippen molar-refractivity contribution in [2.45, 2.75) is 39.9 Å². The highest BCUT2D eigenvalue weighted by molar-refractivity contribution is 4.89. The van der Waals surface area contributed by atoms with Crippen LogP contribution in [-0.4, -0.2) is 18.7 Å². The van der Waals surface area contributed by atoms with E-state index in [9.17, 15) is 4.79 Å². The van der Waals surface area contributed by atoms with Gasteiger partial charge in [-0.15, -0.1) is 0 Å². The van der Waals surface area contributed by atoms with Gasteiger partial charge < -0.3 is 4.57 Å². The topological polar surface area (TPSA) is 44.8 Å². The molecular weight excluding hydrogens is 216 g/mol. The Bertz CT molecular complexity index is 547. The van der Waals surface area contributed by atoms with Crippen LogP contribution in [0.2, 0.25) is 0 Å². The fraction of sp³-hybridized carbons (Fsp3) is 0.500. The fourth-order valence-electron chi connectivity index (χ4n) is 1.85. The second kappa shape index (κ2) is 4.61. The maximum absolute atomic E-state index is 12.0. The van der Waals surface area contributed by atoms with Crippen LogP contribution >= 0.6 is 0 Å². The van der Waals surface area contributed by atoms with Gasteiger partial charge in [-0.25, -0.2) is 9.78 Å². The zero-order valence-corrected chi connectivity index (χ0v) is 10.5. The molecule has 0 radical (unpaired) electrons. The average Bonchev–Trinajstić information content (AvgIpc) is 2.82. The summed E-state index contributed by atoms with van der Waals surface area (Å²) in [4.78, 5) is 16.1. The second-order valence-corrected chi connectivity index (χ2v) is 4.44. The van der Waals surface area contributed by atoms with Gasteiger partial charge in [-0.3, -0.25) is 9.13 Å². The van der Waals surface area contributed by atoms with Gasteiger partial charge in [0.25, 0.3) is 0 Å². The van der Waals surface area contributed by atoms with Crippen molar-refractivity contribution in [1.29, 1.82) is 0 Å². The Kier molecular flexibility index (Phi) is 3.17. The summed E-state index contributed by atoms with van der Waals surface area (Å²) in [5.74, 6) is 0.973. The molecule has 0 aliphatic carbocycles. The molecule has 0 aliphatic rings. The van der Waals surface area contributed by atoms with E-state index >= 15 is 0 Å². The van der Waals surface area contributed by atoms with E-state index in [0.717, 1.165) is 12.4 Å². The first-order valence-corrected chi connectivity index (χ1v) is 5.84. The van der Waals surface area contributed by atoms with Crippen molar-refractivity contribution in [2.75, 3.05) is 0 Å². The van der Waals surface area contributed by atoms with E-state index in [4.69, 9.17) is 0 Å². The minimum Gasteiger partial charge on any atom is -0.333 e. The van der Waals surface area contributed by atoms with Gasteiger partial charge in [0.1, 0.15) is 5.82 Å². The number of aromatic nitrogens is 4. The zero-order chi connectivity index (χ0) is 12.4. The molecule has 5 nitrogen and oxygen atoms in total. The van der Waals surface area contributed by atoms with E-state index in [0.29, 0.717) is 6.54 Å². The first-order chi connectivity index (χ1) is 8.09. The summed E-state index contributed by atoms with van der Waals surface area (Å²) in [7, 11) is 0. The fourth-order valence-corrected chi connectivity index (χ4v) is 1.85. The lowest BCUT2D eigenvalue weighted by Crippen LogP contribution is -2.26. The van der Waals surface area contributed by atoms with Crippen LogP contribution in [0.4, 0.5) is 0 Å². The minimum atomic E-state index is 0.0535. The molecule has 0 N–H and O–H groups in total. The Morgan fingerprint density at radius 2 is 1.88 bits per heavy atom. The molecule has 2 aromatic heterocycles. The van der Waals surface area contributed by atoms with Crippen molar-refractivity contribution in [3.8, 4) is 0 Å². The van der Waals surface area contributed by atoms with E-state index < -0.39 is 0 Å². The third-order valence-corrected chi connectivity index (χ3v) is 2.94. The van der Waals surface area contributed by atoms with Gasteiger partial charge in [0.15, 0.2) is 0 Å². The van der Waals surface area contributed by atoms with Crippen LogP contribution < -0.4 is 5.69 Å². The second-order valence-electron chi connectivity index (χ2n) is 4.44. The molecular formula is C12H18N4O. The van der Waals surface area contributed by atoms with E-state index in [1.54, 1.807) is 15.3 Å². The Morgan fingerprint density at radius 1 is 1.18 bits per heavy atom. The molecule has 0 unspecified atom stereocenters. The lowest BCUT2D eigenvalue weighted by molar-refractivity contribution is 0.519. The number of hydrogen-bond donors (Lipinski definition) is 0. The number of rotatable bonds is 4. The minimum absolute atomic E-state index is 0.0535. The smallest absolute Gasteiger partial charge is 0.328 e. The SMILES string of the molecule is Cc1nccn1CCn1ccn(C(C)C)c1=O. The highest BCUT2D eigenvalue weighted by Gasteiger charge is 2.06. The summed E-state index contributed by atoms with van der Waals surface area (Å²) < 4.78 is 5.51. The third-order valence-electron chi connectivity index (χ3n) is 2.94. The molecule has 0 bridgehead atoms. The third kappa shape index (κ3) is 2.33. The summed E-state index contributed by atoms with van der Waals surface area (Å²) in [6.45, 7) is 7.42. The molecule has 0 amide bonds. The van der Waals surface area contributed by atoms with Gasteiger partial charge >= 0.3 is 5.69 Å². The molecule has 17 heavy (non-hydrogen) atoms. The lowest BCUT2D eigenvalue weighted by Gasteiger charge is -2.06. The van der Waals surface area contributed by atoms with E-state index in [-0.39, 0.29) is 11.7 Å². The van der Waals surface area contributed by atoms with Crippen molar-refractivity contribution in [3.63, 3.8) is 0 Å². The summed E-state index contributed by atoms with van der Waals surface area (Å²) >= 11 is 0. The van der Waals surface area contributed by atoms with Crippen LogP contribution in [0.25, 0.3) is 0 Å². The number of hydrogen-bond acceptors (Lipinski definition) is 2. The summed E-state index contributed by atoms with van der Waals surface area (Å²) in [5, 5.41) is 0. The predicted molar refractivity (Wildman–Crippen MR) is 66.0 cm³/mol. The Hall–Kier alpha value is -1.78. The molecule has 0 spiro atoms. The van der Waals surface area contributed by atoms with Crippen molar-refractivity contribution in [1.82, 2.24) is 18.7 Å². The highest BCUT2D eigenvalue weighted by Crippen LogP contribution is 2.00. The van der Waals surface area contributed by atoms with Gasteiger partial charge in [-0.1, -0.05) is 0 Å². The van der Waals surface area contributed by atoms with Gasteiger partial charge in [0.05, 0.1) is 0 Å². The molecule has 0 fully saturated rings. The maximum Gasteiger partial charge on any atom is 0.328 e. The van der Waals surface area contributed by atoms with Crippen LogP contribution in [0.15, 0.2) is 29.6 Å². The summed E-state index contributed by atoms with van der Waals surface area (Å²) in [6.07, 6.45) is 7.39. The quantitative estimate of drug-likeness (QED) is 0.803. The van der Waals surface area contributed by atoms with Crippen molar-refractivity contribution in [2.24, 2.45) is 0 Å². The number of nitrogens with zero attached hydrogens (tertiary/aromatic N) is 4. The maximum atomic E-state index is 12.0. The van der Waals surface area contributed by atoms with Crippen LogP contribution in [-0.2, 0) is 13.1 Å².